The second-order valence-electron chi connectivity index (χ2n) is 4.41. The van der Waals surface area contributed by atoms with Crippen LogP contribution in [-0.4, -0.2) is 18.1 Å². The van der Waals surface area contributed by atoms with Crippen LogP contribution >= 0.6 is 0 Å². The van der Waals surface area contributed by atoms with Crippen LogP contribution in [0, 0.1) is 5.92 Å². The average Bonchev–Trinajstić information content (AvgIpc) is 2.91. The lowest BCUT2D eigenvalue weighted by Crippen LogP contribution is -2.53. The van der Waals surface area contributed by atoms with E-state index in [4.69, 9.17) is 5.73 Å². The van der Waals surface area contributed by atoms with Crippen molar-refractivity contribution in [2.24, 2.45) is 11.7 Å². The summed E-state index contributed by atoms with van der Waals surface area (Å²) >= 11 is 0. The van der Waals surface area contributed by atoms with Crippen LogP contribution in [0.1, 0.15) is 39.0 Å². The molecule has 2 nitrogen and oxygen atoms in total. The maximum atomic E-state index is 5.87. The Hall–Kier alpha value is -0.0800. The molecule has 2 aliphatic rings. The summed E-state index contributed by atoms with van der Waals surface area (Å²) in [6.07, 6.45) is 6.73. The van der Waals surface area contributed by atoms with Gasteiger partial charge in [0.05, 0.1) is 0 Å². The van der Waals surface area contributed by atoms with E-state index in [9.17, 15) is 0 Å². The average molecular weight is 168 g/mol. The number of hydrogen-bond acceptors (Lipinski definition) is 2. The fraction of sp³-hybridized carbons (Fsp3) is 1.00. The second-order valence-corrected chi connectivity index (χ2v) is 4.41. The zero-order valence-corrected chi connectivity index (χ0v) is 7.97. The predicted molar refractivity (Wildman–Crippen MR) is 51.0 cm³/mol. The minimum atomic E-state index is 0.307. The van der Waals surface area contributed by atoms with Gasteiger partial charge in [-0.05, 0) is 38.0 Å². The highest BCUT2D eigenvalue weighted by Gasteiger charge is 2.45. The Morgan fingerprint density at radius 3 is 2.33 bits per heavy atom. The van der Waals surface area contributed by atoms with E-state index in [1.54, 1.807) is 0 Å². The van der Waals surface area contributed by atoms with Gasteiger partial charge in [-0.25, -0.2) is 0 Å². The van der Waals surface area contributed by atoms with Crippen LogP contribution in [-0.2, 0) is 0 Å². The van der Waals surface area contributed by atoms with E-state index in [2.05, 4.69) is 12.2 Å². The lowest BCUT2D eigenvalue weighted by atomic mass is 9.90. The molecule has 2 heteroatoms. The molecule has 2 saturated carbocycles. The molecule has 0 spiro atoms. The quantitative estimate of drug-likeness (QED) is 0.648. The summed E-state index contributed by atoms with van der Waals surface area (Å²) in [5.41, 5.74) is 6.18. The lowest BCUT2D eigenvalue weighted by molar-refractivity contribution is 0.276. The van der Waals surface area contributed by atoms with Gasteiger partial charge in [-0.3, -0.25) is 0 Å². The van der Waals surface area contributed by atoms with Gasteiger partial charge in [-0.2, -0.15) is 0 Å². The maximum Gasteiger partial charge on any atom is 0.0332 e. The summed E-state index contributed by atoms with van der Waals surface area (Å²) in [5.74, 6) is 0.882. The van der Waals surface area contributed by atoms with Crippen molar-refractivity contribution in [2.75, 3.05) is 6.54 Å². The summed E-state index contributed by atoms with van der Waals surface area (Å²) in [7, 11) is 0. The van der Waals surface area contributed by atoms with E-state index < -0.39 is 0 Å². The molecule has 0 aliphatic heterocycles. The van der Waals surface area contributed by atoms with E-state index in [-0.39, 0.29) is 0 Å². The summed E-state index contributed by atoms with van der Waals surface area (Å²) in [4.78, 5) is 0. The molecule has 0 bridgehead atoms. The molecule has 0 heterocycles. The van der Waals surface area contributed by atoms with Crippen molar-refractivity contribution in [1.29, 1.82) is 0 Å². The van der Waals surface area contributed by atoms with E-state index in [1.807, 2.05) is 0 Å². The number of nitrogens with one attached hydrogen (secondary N) is 1. The van der Waals surface area contributed by atoms with Crippen molar-refractivity contribution in [2.45, 2.75) is 50.6 Å². The molecule has 3 N–H and O–H groups in total. The molecular weight excluding hydrogens is 148 g/mol. The first-order valence-corrected chi connectivity index (χ1v) is 5.28. The van der Waals surface area contributed by atoms with Crippen molar-refractivity contribution in [3.05, 3.63) is 0 Å². The van der Waals surface area contributed by atoms with Crippen LogP contribution in [0.3, 0.4) is 0 Å². The third-order valence-corrected chi connectivity index (χ3v) is 3.42. The lowest BCUT2D eigenvalue weighted by Gasteiger charge is -2.33. The SMILES string of the molecule is CCC(CN)(NC1CC1)C1CC1. The summed E-state index contributed by atoms with van der Waals surface area (Å²) in [5, 5.41) is 3.74. The van der Waals surface area contributed by atoms with Gasteiger partial charge in [0.2, 0.25) is 0 Å². The highest BCUT2D eigenvalue weighted by molar-refractivity contribution is 5.04. The monoisotopic (exact) mass is 168 g/mol. The molecule has 0 aromatic carbocycles. The van der Waals surface area contributed by atoms with E-state index in [0.717, 1.165) is 18.5 Å². The molecule has 0 radical (unpaired) electrons. The molecule has 0 saturated heterocycles. The second kappa shape index (κ2) is 3.00. The van der Waals surface area contributed by atoms with Gasteiger partial charge in [-0.1, -0.05) is 6.92 Å². The van der Waals surface area contributed by atoms with Crippen molar-refractivity contribution >= 4 is 0 Å². The fourth-order valence-electron chi connectivity index (χ4n) is 2.15. The predicted octanol–water partition coefficient (Wildman–Crippen LogP) is 1.26. The van der Waals surface area contributed by atoms with Crippen molar-refractivity contribution in [1.82, 2.24) is 5.32 Å². The van der Waals surface area contributed by atoms with Gasteiger partial charge in [0.25, 0.3) is 0 Å². The minimum absolute atomic E-state index is 0.307. The first-order chi connectivity index (χ1) is 5.80. The molecule has 70 valence electrons. The topological polar surface area (TPSA) is 38.0 Å². The molecule has 0 amide bonds. The maximum absolute atomic E-state index is 5.87. The first kappa shape index (κ1) is 8.52. The van der Waals surface area contributed by atoms with Crippen LogP contribution in [0.4, 0.5) is 0 Å². The van der Waals surface area contributed by atoms with Gasteiger partial charge in [-0.15, -0.1) is 0 Å². The normalized spacial score (nSPS) is 28.5. The van der Waals surface area contributed by atoms with Gasteiger partial charge in [0.1, 0.15) is 0 Å². The zero-order valence-electron chi connectivity index (χ0n) is 7.97. The highest BCUT2D eigenvalue weighted by atomic mass is 15.1. The Labute approximate surface area is 74.9 Å². The highest BCUT2D eigenvalue weighted by Crippen LogP contribution is 2.42. The Kier molecular flexibility index (Phi) is 2.13. The van der Waals surface area contributed by atoms with Crippen LogP contribution in [0.15, 0.2) is 0 Å². The van der Waals surface area contributed by atoms with Crippen molar-refractivity contribution < 1.29 is 0 Å². The fourth-order valence-corrected chi connectivity index (χ4v) is 2.15. The molecule has 2 rings (SSSR count). The molecule has 1 unspecified atom stereocenters. The van der Waals surface area contributed by atoms with Crippen LogP contribution in [0.25, 0.3) is 0 Å². The summed E-state index contributed by atoms with van der Waals surface area (Å²) in [6.45, 7) is 3.09. The number of rotatable bonds is 5. The Bertz CT molecular complexity index is 155. The largest absolute Gasteiger partial charge is 0.329 e. The van der Waals surface area contributed by atoms with Crippen molar-refractivity contribution in [3.63, 3.8) is 0 Å². The minimum Gasteiger partial charge on any atom is -0.329 e. The van der Waals surface area contributed by atoms with Gasteiger partial charge >= 0.3 is 0 Å². The van der Waals surface area contributed by atoms with E-state index in [0.29, 0.717) is 5.54 Å². The molecular formula is C10H20N2. The number of hydrogen-bond donors (Lipinski definition) is 2. The molecule has 2 aliphatic carbocycles. The van der Waals surface area contributed by atoms with Gasteiger partial charge in [0.15, 0.2) is 0 Å². The standard InChI is InChI=1S/C10H20N2/c1-2-10(7-11,8-3-4-8)12-9-5-6-9/h8-9,12H,2-7,11H2,1H3. The Morgan fingerprint density at radius 2 is 2.00 bits per heavy atom. The van der Waals surface area contributed by atoms with Crippen LogP contribution in [0.5, 0.6) is 0 Å². The van der Waals surface area contributed by atoms with Crippen LogP contribution < -0.4 is 11.1 Å². The van der Waals surface area contributed by atoms with E-state index in [1.165, 1.54) is 32.1 Å². The molecule has 0 aromatic rings. The summed E-state index contributed by atoms with van der Waals surface area (Å²) < 4.78 is 0. The van der Waals surface area contributed by atoms with Gasteiger partial charge < -0.3 is 11.1 Å². The third kappa shape index (κ3) is 1.50. The molecule has 2 fully saturated rings. The Morgan fingerprint density at radius 1 is 1.33 bits per heavy atom. The summed E-state index contributed by atoms with van der Waals surface area (Å²) in [6, 6.07) is 0.800. The number of nitrogens with two attached hydrogens (primary N) is 1. The first-order valence-electron chi connectivity index (χ1n) is 5.28. The van der Waals surface area contributed by atoms with Crippen molar-refractivity contribution in [3.8, 4) is 0 Å². The Balaban J connectivity index is 1.96. The smallest absolute Gasteiger partial charge is 0.0332 e. The molecule has 1 atom stereocenters. The van der Waals surface area contributed by atoms with E-state index >= 15 is 0 Å². The third-order valence-electron chi connectivity index (χ3n) is 3.42. The van der Waals surface area contributed by atoms with Gasteiger partial charge in [0, 0.05) is 18.1 Å². The zero-order chi connectivity index (χ0) is 8.60. The molecule has 12 heavy (non-hydrogen) atoms. The van der Waals surface area contributed by atoms with Crippen LogP contribution in [0.2, 0.25) is 0 Å². The molecule has 0 aromatic heterocycles.